The Morgan fingerprint density at radius 3 is 2.79 bits per heavy atom. The molecule has 4 rings (SSSR count). The van der Waals surface area contributed by atoms with E-state index in [4.69, 9.17) is 5.73 Å². The summed E-state index contributed by atoms with van der Waals surface area (Å²) >= 11 is 1.62. The fourth-order valence-corrected chi connectivity index (χ4v) is 5.20. The van der Waals surface area contributed by atoms with Gasteiger partial charge in [-0.3, -0.25) is 9.78 Å². The number of aromatic nitrogens is 2. The first kappa shape index (κ1) is 15.7. The molecule has 3 unspecified atom stereocenters. The lowest BCUT2D eigenvalue weighted by atomic mass is 9.63. The van der Waals surface area contributed by atoms with Crippen molar-refractivity contribution < 1.29 is 9.90 Å². The average Bonchev–Trinajstić information content (AvgIpc) is 3.33. The first-order chi connectivity index (χ1) is 11.6. The van der Waals surface area contributed by atoms with Crippen molar-refractivity contribution in [3.63, 3.8) is 0 Å². The Morgan fingerprint density at radius 2 is 2.12 bits per heavy atom. The maximum absolute atomic E-state index is 12.7. The van der Waals surface area contributed by atoms with Crippen molar-refractivity contribution in [1.82, 2.24) is 9.97 Å². The summed E-state index contributed by atoms with van der Waals surface area (Å²) in [5.41, 5.74) is 5.93. The van der Waals surface area contributed by atoms with Crippen LogP contribution in [0.25, 0.3) is 0 Å². The van der Waals surface area contributed by atoms with Gasteiger partial charge in [0.1, 0.15) is 0 Å². The minimum atomic E-state index is -0.821. The highest BCUT2D eigenvalue weighted by Gasteiger charge is 2.51. The van der Waals surface area contributed by atoms with Crippen LogP contribution in [0.4, 0.5) is 0 Å². The Bertz CT molecular complexity index is 744. The SMILES string of the molecule is NC(=O)C1(c2cnc(C3CC3)s2)CCC(O)CC1c1ccccn1. The minimum Gasteiger partial charge on any atom is -0.393 e. The van der Waals surface area contributed by atoms with Crippen LogP contribution in [0, 0.1) is 0 Å². The Morgan fingerprint density at radius 1 is 1.29 bits per heavy atom. The lowest BCUT2D eigenvalue weighted by Gasteiger charge is -2.42. The van der Waals surface area contributed by atoms with Crippen LogP contribution >= 0.6 is 11.3 Å². The number of pyridine rings is 1. The third-order valence-corrected chi connectivity index (χ3v) is 6.69. The van der Waals surface area contributed by atoms with Gasteiger partial charge in [-0.2, -0.15) is 0 Å². The van der Waals surface area contributed by atoms with Gasteiger partial charge in [-0.05, 0) is 44.2 Å². The van der Waals surface area contributed by atoms with E-state index in [1.54, 1.807) is 17.5 Å². The van der Waals surface area contributed by atoms with Gasteiger partial charge in [-0.1, -0.05) is 6.07 Å². The number of primary amides is 1. The van der Waals surface area contributed by atoms with Crippen LogP contribution < -0.4 is 5.73 Å². The Labute approximate surface area is 145 Å². The molecule has 2 aliphatic carbocycles. The number of hydrogen-bond donors (Lipinski definition) is 2. The second-order valence-corrected chi connectivity index (χ2v) is 7.97. The molecule has 0 aliphatic heterocycles. The van der Waals surface area contributed by atoms with Gasteiger partial charge in [0.15, 0.2) is 0 Å². The number of thiazole rings is 1. The molecule has 0 aromatic carbocycles. The van der Waals surface area contributed by atoms with Gasteiger partial charge in [-0.15, -0.1) is 11.3 Å². The third-order valence-electron chi connectivity index (χ3n) is 5.35. The summed E-state index contributed by atoms with van der Waals surface area (Å²) in [7, 11) is 0. The number of aliphatic hydroxyl groups excluding tert-OH is 1. The molecule has 2 aliphatic rings. The smallest absolute Gasteiger partial charge is 0.229 e. The van der Waals surface area contributed by atoms with Gasteiger partial charge in [0.2, 0.25) is 5.91 Å². The van der Waals surface area contributed by atoms with E-state index < -0.39 is 11.5 Å². The van der Waals surface area contributed by atoms with Crippen molar-refractivity contribution >= 4 is 17.2 Å². The standard InChI is InChI=1S/C18H21N3O2S/c19-17(23)18(15-10-21-16(24-15)11-4-5-11)7-6-12(22)9-13(18)14-3-1-2-8-20-14/h1-3,8,10-13,22H,4-7,9H2,(H2,19,23). The van der Waals surface area contributed by atoms with Gasteiger partial charge in [0.05, 0.1) is 16.5 Å². The number of carbonyl (C=O) groups excluding carboxylic acids is 1. The van der Waals surface area contributed by atoms with Crippen molar-refractivity contribution in [2.75, 3.05) is 0 Å². The Hall–Kier alpha value is -1.79. The van der Waals surface area contributed by atoms with Crippen molar-refractivity contribution in [2.24, 2.45) is 5.73 Å². The van der Waals surface area contributed by atoms with E-state index in [2.05, 4.69) is 9.97 Å². The highest BCUT2D eigenvalue weighted by atomic mass is 32.1. The highest BCUT2D eigenvalue weighted by molar-refractivity contribution is 7.12. The fourth-order valence-electron chi connectivity index (χ4n) is 3.84. The van der Waals surface area contributed by atoms with Gasteiger partial charge >= 0.3 is 0 Å². The normalized spacial score (nSPS) is 30.2. The predicted octanol–water partition coefficient (Wildman–Crippen LogP) is 2.47. The first-order valence-electron chi connectivity index (χ1n) is 8.46. The summed E-state index contributed by atoms with van der Waals surface area (Å²) in [5.74, 6) is -0.000314. The molecule has 0 radical (unpaired) electrons. The quantitative estimate of drug-likeness (QED) is 0.892. The molecule has 0 saturated heterocycles. The first-order valence-corrected chi connectivity index (χ1v) is 9.28. The van der Waals surface area contributed by atoms with E-state index in [1.807, 2.05) is 24.4 Å². The summed E-state index contributed by atoms with van der Waals surface area (Å²) < 4.78 is 0. The predicted molar refractivity (Wildman–Crippen MR) is 91.8 cm³/mol. The third kappa shape index (κ3) is 2.54. The van der Waals surface area contributed by atoms with Crippen molar-refractivity contribution in [3.05, 3.63) is 46.2 Å². The molecule has 2 saturated carbocycles. The Balaban J connectivity index is 1.81. The number of rotatable bonds is 4. The molecule has 2 aromatic heterocycles. The second kappa shape index (κ2) is 5.93. The summed E-state index contributed by atoms with van der Waals surface area (Å²) in [6.45, 7) is 0. The topological polar surface area (TPSA) is 89.1 Å². The van der Waals surface area contributed by atoms with Gasteiger partial charge in [0, 0.05) is 34.8 Å². The number of amides is 1. The molecule has 5 nitrogen and oxygen atoms in total. The van der Waals surface area contributed by atoms with Crippen LogP contribution in [0.1, 0.15) is 59.5 Å². The zero-order valence-corrected chi connectivity index (χ0v) is 14.2. The van der Waals surface area contributed by atoms with Crippen molar-refractivity contribution in [3.8, 4) is 0 Å². The molecular weight excluding hydrogens is 322 g/mol. The molecule has 2 heterocycles. The van der Waals surface area contributed by atoms with Crippen LogP contribution in [0.3, 0.4) is 0 Å². The van der Waals surface area contributed by atoms with E-state index in [1.165, 1.54) is 12.8 Å². The molecule has 2 aromatic rings. The molecule has 0 bridgehead atoms. The fraction of sp³-hybridized carbons (Fsp3) is 0.500. The van der Waals surface area contributed by atoms with Crippen LogP contribution in [-0.4, -0.2) is 27.1 Å². The number of carbonyl (C=O) groups is 1. The molecule has 0 spiro atoms. The average molecular weight is 343 g/mol. The number of aliphatic hydroxyl groups is 1. The number of nitrogens with two attached hydrogens (primary N) is 1. The van der Waals surface area contributed by atoms with Gasteiger partial charge < -0.3 is 10.8 Å². The molecular formula is C18H21N3O2S. The Kier molecular flexibility index (Phi) is 3.89. The van der Waals surface area contributed by atoms with Gasteiger partial charge in [0.25, 0.3) is 0 Å². The zero-order valence-electron chi connectivity index (χ0n) is 13.4. The zero-order chi connectivity index (χ0) is 16.7. The lowest BCUT2D eigenvalue weighted by molar-refractivity contribution is -0.126. The number of hydrogen-bond acceptors (Lipinski definition) is 5. The van der Waals surface area contributed by atoms with Crippen LogP contribution in [-0.2, 0) is 10.2 Å². The summed E-state index contributed by atoms with van der Waals surface area (Å²) in [4.78, 5) is 22.6. The van der Waals surface area contributed by atoms with Crippen molar-refractivity contribution in [1.29, 1.82) is 0 Å². The molecule has 3 N–H and O–H groups in total. The summed E-state index contributed by atoms with van der Waals surface area (Å²) in [6.07, 6.45) is 7.09. The molecule has 6 heteroatoms. The largest absolute Gasteiger partial charge is 0.393 e. The summed E-state index contributed by atoms with van der Waals surface area (Å²) in [6, 6.07) is 5.69. The lowest BCUT2D eigenvalue weighted by Crippen LogP contribution is -2.50. The van der Waals surface area contributed by atoms with Gasteiger partial charge in [-0.25, -0.2) is 4.98 Å². The molecule has 1 amide bonds. The van der Waals surface area contributed by atoms with Crippen LogP contribution in [0.5, 0.6) is 0 Å². The molecule has 24 heavy (non-hydrogen) atoms. The molecule has 2 fully saturated rings. The van der Waals surface area contributed by atoms with Crippen LogP contribution in [0.15, 0.2) is 30.6 Å². The van der Waals surface area contributed by atoms with Crippen molar-refractivity contribution in [2.45, 2.75) is 55.5 Å². The minimum absolute atomic E-state index is 0.215. The monoisotopic (exact) mass is 343 g/mol. The second-order valence-electron chi connectivity index (χ2n) is 6.91. The molecule has 3 atom stereocenters. The van der Waals surface area contributed by atoms with E-state index in [-0.39, 0.29) is 11.8 Å². The molecule has 126 valence electrons. The highest BCUT2D eigenvalue weighted by Crippen LogP contribution is 2.52. The summed E-state index contributed by atoms with van der Waals surface area (Å²) in [5, 5.41) is 11.3. The maximum Gasteiger partial charge on any atom is 0.229 e. The van der Waals surface area contributed by atoms with Crippen LogP contribution in [0.2, 0.25) is 0 Å². The van der Waals surface area contributed by atoms with E-state index >= 15 is 0 Å². The van der Waals surface area contributed by atoms with E-state index in [9.17, 15) is 9.90 Å². The van der Waals surface area contributed by atoms with E-state index in [0.717, 1.165) is 15.6 Å². The van der Waals surface area contributed by atoms with E-state index in [0.29, 0.717) is 25.2 Å². The maximum atomic E-state index is 12.7. The number of nitrogens with zero attached hydrogens (tertiary/aromatic N) is 2.